The molecule has 1 aliphatic rings. The second-order valence-electron chi connectivity index (χ2n) is 5.99. The second kappa shape index (κ2) is 8.49. The monoisotopic (exact) mass is 343 g/mol. The van der Waals surface area contributed by atoms with Crippen LogP contribution in [0.25, 0.3) is 0 Å². The van der Waals surface area contributed by atoms with Crippen molar-refractivity contribution in [3.63, 3.8) is 0 Å². The lowest BCUT2D eigenvalue weighted by Gasteiger charge is -2.32. The number of hydrogen-bond acceptors (Lipinski definition) is 3. The van der Waals surface area contributed by atoms with Gasteiger partial charge in [0.25, 0.3) is 5.76 Å². The fourth-order valence-electron chi connectivity index (χ4n) is 2.86. The van der Waals surface area contributed by atoms with Crippen LogP contribution in [0.5, 0.6) is 0 Å². The molecule has 23 heavy (non-hydrogen) atoms. The fourth-order valence-corrected chi connectivity index (χ4v) is 3.42. The molecule has 0 aliphatic carbocycles. The zero-order chi connectivity index (χ0) is 16.8. The summed E-state index contributed by atoms with van der Waals surface area (Å²) in [6.45, 7) is 2.81. The Bertz CT molecular complexity index is 530. The third kappa shape index (κ3) is 5.99. The number of likely N-dealkylation sites (tertiary alicyclic amines) is 1. The van der Waals surface area contributed by atoms with Crippen molar-refractivity contribution < 1.29 is 13.6 Å². The molecule has 1 fully saturated rings. The van der Waals surface area contributed by atoms with Crippen LogP contribution in [-0.2, 0) is 0 Å². The van der Waals surface area contributed by atoms with Gasteiger partial charge in [-0.25, -0.2) is 4.79 Å². The van der Waals surface area contributed by atoms with Crippen LogP contribution in [-0.4, -0.2) is 55.3 Å². The topological polar surface area (TPSA) is 35.6 Å². The first-order valence-electron chi connectivity index (χ1n) is 7.69. The van der Waals surface area contributed by atoms with Gasteiger partial charge in [-0.2, -0.15) is 8.78 Å². The van der Waals surface area contributed by atoms with Gasteiger partial charge < -0.3 is 15.1 Å². The first-order valence-corrected chi connectivity index (χ1v) is 8.57. The molecular weight excluding hydrogens is 320 g/mol. The molecule has 1 heterocycles. The number of piperidine rings is 1. The number of urea groups is 1. The van der Waals surface area contributed by atoms with Crippen LogP contribution in [0.2, 0.25) is 0 Å². The smallest absolute Gasteiger partial charge is 0.321 e. The Kier molecular flexibility index (Phi) is 6.65. The molecule has 0 bridgehead atoms. The minimum Gasteiger partial charge on any atom is -0.327 e. The van der Waals surface area contributed by atoms with Gasteiger partial charge in [-0.05, 0) is 50.6 Å². The first kappa shape index (κ1) is 18.0. The van der Waals surface area contributed by atoms with Crippen LogP contribution in [0.15, 0.2) is 29.2 Å². The van der Waals surface area contributed by atoms with Gasteiger partial charge in [0, 0.05) is 30.7 Å². The van der Waals surface area contributed by atoms with Gasteiger partial charge in [0.15, 0.2) is 0 Å². The summed E-state index contributed by atoms with van der Waals surface area (Å²) in [7, 11) is 3.86. The van der Waals surface area contributed by atoms with E-state index in [1.54, 1.807) is 36.2 Å². The number of nitrogens with one attached hydrogen (secondary N) is 1. The van der Waals surface area contributed by atoms with Crippen molar-refractivity contribution >= 4 is 23.5 Å². The molecule has 2 rings (SSSR count). The number of anilines is 1. The molecule has 4 nitrogen and oxygen atoms in total. The summed E-state index contributed by atoms with van der Waals surface area (Å²) >= 11 is 0.473. The summed E-state index contributed by atoms with van der Waals surface area (Å²) in [5.41, 5.74) is 0.535. The van der Waals surface area contributed by atoms with Crippen LogP contribution in [0.1, 0.15) is 12.8 Å². The molecule has 2 amide bonds. The van der Waals surface area contributed by atoms with E-state index in [1.165, 1.54) is 0 Å². The normalized spacial score (nSPS) is 18.9. The zero-order valence-electron chi connectivity index (χ0n) is 13.5. The molecule has 0 saturated carbocycles. The van der Waals surface area contributed by atoms with Crippen molar-refractivity contribution in [2.45, 2.75) is 23.5 Å². The molecule has 7 heteroatoms. The summed E-state index contributed by atoms with van der Waals surface area (Å²) < 4.78 is 24.8. The number of alkyl halides is 2. The van der Waals surface area contributed by atoms with E-state index in [0.717, 1.165) is 25.9 Å². The van der Waals surface area contributed by atoms with Gasteiger partial charge in [0.1, 0.15) is 0 Å². The van der Waals surface area contributed by atoms with Gasteiger partial charge in [0.05, 0.1) is 0 Å². The van der Waals surface area contributed by atoms with Gasteiger partial charge in [-0.1, -0.05) is 17.8 Å². The number of thioether (sulfide) groups is 1. The van der Waals surface area contributed by atoms with E-state index >= 15 is 0 Å². The fraction of sp³-hybridized carbons (Fsp3) is 0.562. The maximum Gasteiger partial charge on any atom is 0.321 e. The molecule has 0 radical (unpaired) electrons. The van der Waals surface area contributed by atoms with E-state index < -0.39 is 5.76 Å². The molecule has 1 atom stereocenters. The van der Waals surface area contributed by atoms with Crippen LogP contribution >= 0.6 is 11.8 Å². The highest BCUT2D eigenvalue weighted by atomic mass is 32.2. The van der Waals surface area contributed by atoms with Crippen molar-refractivity contribution in [3.05, 3.63) is 24.3 Å². The average Bonchev–Trinajstić information content (AvgIpc) is 2.46. The summed E-state index contributed by atoms with van der Waals surface area (Å²) in [5.74, 6) is -1.99. The van der Waals surface area contributed by atoms with Crippen molar-refractivity contribution in [2.24, 2.45) is 5.92 Å². The lowest BCUT2D eigenvalue weighted by Crippen LogP contribution is -2.41. The Balaban J connectivity index is 1.87. The van der Waals surface area contributed by atoms with Gasteiger partial charge in [0.2, 0.25) is 0 Å². The SMILES string of the molecule is CN1CCCC(CN(C)C(=O)Nc2cccc(SC(F)F)c2)C1. The van der Waals surface area contributed by atoms with E-state index in [0.29, 0.717) is 34.8 Å². The van der Waals surface area contributed by atoms with E-state index in [9.17, 15) is 13.6 Å². The maximum absolute atomic E-state index is 12.4. The summed E-state index contributed by atoms with van der Waals surface area (Å²) in [4.78, 5) is 16.6. The number of halogens is 2. The minimum absolute atomic E-state index is 0.211. The van der Waals surface area contributed by atoms with E-state index in [2.05, 4.69) is 17.3 Å². The molecule has 1 N–H and O–H groups in total. The Morgan fingerprint density at radius 1 is 1.52 bits per heavy atom. The Morgan fingerprint density at radius 2 is 2.30 bits per heavy atom. The highest BCUT2D eigenvalue weighted by molar-refractivity contribution is 7.99. The molecule has 1 aliphatic heterocycles. The maximum atomic E-state index is 12.4. The molecule has 1 aromatic carbocycles. The minimum atomic E-state index is -2.47. The van der Waals surface area contributed by atoms with Crippen LogP contribution in [0.3, 0.4) is 0 Å². The van der Waals surface area contributed by atoms with Crippen LogP contribution in [0, 0.1) is 5.92 Å². The Hall–Kier alpha value is -1.34. The lowest BCUT2D eigenvalue weighted by atomic mass is 9.98. The number of hydrogen-bond donors (Lipinski definition) is 1. The number of amides is 2. The van der Waals surface area contributed by atoms with Gasteiger partial charge >= 0.3 is 6.03 Å². The third-order valence-electron chi connectivity index (χ3n) is 3.91. The predicted octanol–water partition coefficient (Wildman–Crippen LogP) is 3.81. The average molecular weight is 343 g/mol. The molecule has 0 spiro atoms. The van der Waals surface area contributed by atoms with Crippen molar-refractivity contribution in [1.29, 1.82) is 0 Å². The standard InChI is InChI=1S/C16H23F2N3OS/c1-20-8-4-5-12(10-20)11-21(2)16(22)19-13-6-3-7-14(9-13)23-15(17)18/h3,6-7,9,12,15H,4-5,8,10-11H2,1-2H3,(H,19,22). The summed E-state index contributed by atoms with van der Waals surface area (Å²) in [6, 6.07) is 6.33. The Labute approximate surface area is 140 Å². The van der Waals surface area contributed by atoms with Crippen LogP contribution < -0.4 is 5.32 Å². The molecule has 1 aromatic rings. The highest BCUT2D eigenvalue weighted by Gasteiger charge is 2.20. The quantitative estimate of drug-likeness (QED) is 0.826. The zero-order valence-corrected chi connectivity index (χ0v) is 14.3. The highest BCUT2D eigenvalue weighted by Crippen LogP contribution is 2.27. The van der Waals surface area contributed by atoms with Gasteiger partial charge in [-0.15, -0.1) is 0 Å². The third-order valence-corrected chi connectivity index (χ3v) is 4.62. The number of nitrogens with zero attached hydrogens (tertiary/aromatic N) is 2. The van der Waals surface area contributed by atoms with Gasteiger partial charge in [-0.3, -0.25) is 0 Å². The molecule has 128 valence electrons. The second-order valence-corrected chi connectivity index (χ2v) is 7.05. The van der Waals surface area contributed by atoms with Crippen molar-refractivity contribution in [2.75, 3.05) is 39.0 Å². The summed E-state index contributed by atoms with van der Waals surface area (Å²) in [5, 5.41) is 2.77. The van der Waals surface area contributed by atoms with Crippen molar-refractivity contribution in [1.82, 2.24) is 9.80 Å². The molecule has 1 unspecified atom stereocenters. The predicted molar refractivity (Wildman–Crippen MR) is 90.2 cm³/mol. The lowest BCUT2D eigenvalue weighted by molar-refractivity contribution is 0.170. The van der Waals surface area contributed by atoms with Crippen LogP contribution in [0.4, 0.5) is 19.3 Å². The van der Waals surface area contributed by atoms with E-state index in [-0.39, 0.29) is 6.03 Å². The van der Waals surface area contributed by atoms with E-state index in [4.69, 9.17) is 0 Å². The number of rotatable bonds is 5. The Morgan fingerprint density at radius 3 is 3.00 bits per heavy atom. The van der Waals surface area contributed by atoms with E-state index in [1.807, 2.05) is 0 Å². The first-order chi connectivity index (χ1) is 10.9. The summed E-state index contributed by atoms with van der Waals surface area (Å²) in [6.07, 6.45) is 2.28. The number of carbonyl (C=O) groups is 1. The number of carbonyl (C=O) groups excluding carboxylic acids is 1. The molecular formula is C16H23F2N3OS. The largest absolute Gasteiger partial charge is 0.327 e. The molecule has 1 saturated heterocycles. The molecule has 0 aromatic heterocycles. The number of benzene rings is 1. The van der Waals surface area contributed by atoms with Crippen molar-refractivity contribution in [3.8, 4) is 0 Å².